The normalized spacial score (nSPS) is 10.4. The Bertz CT molecular complexity index is 491. The number of hydrogen-bond acceptors (Lipinski definition) is 4. The smallest absolute Gasteiger partial charge is 0.306 e. The van der Waals surface area contributed by atoms with Gasteiger partial charge in [0.05, 0.1) is 20.1 Å². The maximum absolute atomic E-state index is 11.9. The number of esters is 1. The molecule has 0 atom stereocenters. The van der Waals surface area contributed by atoms with Gasteiger partial charge in [0.2, 0.25) is 5.91 Å². The summed E-state index contributed by atoms with van der Waals surface area (Å²) in [5.74, 6) is -0.439. The van der Waals surface area contributed by atoms with Crippen molar-refractivity contribution in [2.75, 3.05) is 32.6 Å². The Labute approximate surface area is 123 Å². The van der Waals surface area contributed by atoms with E-state index < -0.39 is 0 Å². The number of carbonyl (C=O) groups is 2. The number of ether oxygens (including phenoxy) is 1. The van der Waals surface area contributed by atoms with Crippen LogP contribution in [0.5, 0.6) is 0 Å². The van der Waals surface area contributed by atoms with Gasteiger partial charge in [0, 0.05) is 17.3 Å². The van der Waals surface area contributed by atoms with E-state index in [0.29, 0.717) is 17.3 Å². The second-order valence-electron chi connectivity index (χ2n) is 4.52. The Morgan fingerprint density at radius 3 is 2.75 bits per heavy atom. The first-order valence-corrected chi connectivity index (χ1v) is 6.62. The predicted molar refractivity (Wildman–Crippen MR) is 78.9 cm³/mol. The number of benzene rings is 1. The molecule has 0 saturated heterocycles. The maximum Gasteiger partial charge on any atom is 0.306 e. The first-order valence-electron chi connectivity index (χ1n) is 6.24. The maximum atomic E-state index is 11.9. The highest BCUT2D eigenvalue weighted by molar-refractivity contribution is 6.31. The number of amides is 1. The van der Waals surface area contributed by atoms with Crippen molar-refractivity contribution < 1.29 is 14.3 Å². The molecule has 1 aromatic rings. The third kappa shape index (κ3) is 5.19. The molecule has 0 fully saturated rings. The van der Waals surface area contributed by atoms with E-state index >= 15 is 0 Å². The molecule has 0 spiro atoms. The molecule has 0 aliphatic heterocycles. The molecule has 1 rings (SSSR count). The second-order valence-corrected chi connectivity index (χ2v) is 4.93. The summed E-state index contributed by atoms with van der Waals surface area (Å²) >= 11 is 5.99. The highest BCUT2D eigenvalue weighted by atomic mass is 35.5. The van der Waals surface area contributed by atoms with E-state index in [1.807, 2.05) is 6.92 Å². The topological polar surface area (TPSA) is 58.6 Å². The molecule has 0 aromatic heterocycles. The van der Waals surface area contributed by atoms with E-state index in [1.165, 1.54) is 7.11 Å². The van der Waals surface area contributed by atoms with Crippen molar-refractivity contribution in [3.8, 4) is 0 Å². The largest absolute Gasteiger partial charge is 0.469 e. The van der Waals surface area contributed by atoms with Gasteiger partial charge in [-0.05, 0) is 31.7 Å². The highest BCUT2D eigenvalue weighted by Gasteiger charge is 2.10. The van der Waals surface area contributed by atoms with Crippen molar-refractivity contribution in [2.24, 2.45) is 0 Å². The van der Waals surface area contributed by atoms with Gasteiger partial charge in [0.25, 0.3) is 0 Å². The molecule has 5 nitrogen and oxygen atoms in total. The van der Waals surface area contributed by atoms with Crippen LogP contribution in [0, 0.1) is 6.92 Å². The molecule has 0 aliphatic rings. The molecular weight excluding hydrogens is 280 g/mol. The van der Waals surface area contributed by atoms with E-state index in [9.17, 15) is 9.59 Å². The number of likely N-dealkylation sites (N-methyl/N-ethyl adjacent to an activating group) is 1. The molecule has 20 heavy (non-hydrogen) atoms. The summed E-state index contributed by atoms with van der Waals surface area (Å²) < 4.78 is 4.55. The van der Waals surface area contributed by atoms with Crippen LogP contribution >= 0.6 is 11.6 Å². The second kappa shape index (κ2) is 7.87. The van der Waals surface area contributed by atoms with E-state index in [-0.39, 0.29) is 24.8 Å². The van der Waals surface area contributed by atoms with Gasteiger partial charge in [0.15, 0.2) is 0 Å². The lowest BCUT2D eigenvalue weighted by Crippen LogP contribution is -2.32. The van der Waals surface area contributed by atoms with E-state index in [4.69, 9.17) is 11.6 Å². The number of carbonyl (C=O) groups excluding carboxylic acids is 2. The molecule has 0 heterocycles. The quantitative estimate of drug-likeness (QED) is 0.817. The Hall–Kier alpha value is -1.59. The molecule has 0 bridgehead atoms. The minimum absolute atomic E-state index is 0.150. The molecular formula is C14H19ClN2O3. The summed E-state index contributed by atoms with van der Waals surface area (Å²) in [4.78, 5) is 24.7. The Morgan fingerprint density at radius 1 is 1.40 bits per heavy atom. The summed E-state index contributed by atoms with van der Waals surface area (Å²) in [5, 5.41) is 3.42. The van der Waals surface area contributed by atoms with Crippen LogP contribution in [-0.2, 0) is 14.3 Å². The first-order chi connectivity index (χ1) is 9.43. The zero-order chi connectivity index (χ0) is 15.1. The fraction of sp³-hybridized carbons (Fsp3) is 0.429. The summed E-state index contributed by atoms with van der Waals surface area (Å²) in [5.41, 5.74) is 1.53. The van der Waals surface area contributed by atoms with Gasteiger partial charge in [-0.2, -0.15) is 0 Å². The number of anilines is 1. The molecule has 1 N–H and O–H groups in total. The number of nitrogens with zero attached hydrogens (tertiary/aromatic N) is 1. The molecule has 0 saturated carbocycles. The van der Waals surface area contributed by atoms with Crippen molar-refractivity contribution in [1.29, 1.82) is 0 Å². The van der Waals surface area contributed by atoms with Crippen molar-refractivity contribution in [1.82, 2.24) is 4.90 Å². The SMILES string of the molecule is COC(=O)CCN(C)CC(=O)Nc1cccc(Cl)c1C. The highest BCUT2D eigenvalue weighted by Crippen LogP contribution is 2.22. The fourth-order valence-corrected chi connectivity index (χ4v) is 1.82. The number of hydrogen-bond donors (Lipinski definition) is 1. The van der Waals surface area contributed by atoms with Gasteiger partial charge in [0.1, 0.15) is 0 Å². The van der Waals surface area contributed by atoms with Crippen LogP contribution in [0.25, 0.3) is 0 Å². The minimum atomic E-state index is -0.289. The van der Waals surface area contributed by atoms with E-state index in [1.54, 1.807) is 30.1 Å². The number of rotatable bonds is 6. The summed E-state index contributed by atoms with van der Waals surface area (Å²) in [6, 6.07) is 5.36. The van der Waals surface area contributed by atoms with Gasteiger partial charge in [-0.25, -0.2) is 0 Å². The number of methoxy groups -OCH3 is 1. The monoisotopic (exact) mass is 298 g/mol. The molecule has 6 heteroatoms. The van der Waals surface area contributed by atoms with Crippen LogP contribution < -0.4 is 5.32 Å². The molecule has 110 valence electrons. The third-order valence-corrected chi connectivity index (χ3v) is 3.29. The predicted octanol–water partition coefficient (Wildman–Crippen LogP) is 2.08. The average molecular weight is 299 g/mol. The number of halogens is 1. The van der Waals surface area contributed by atoms with Gasteiger partial charge in [-0.1, -0.05) is 17.7 Å². The summed E-state index contributed by atoms with van der Waals surface area (Å²) in [6.07, 6.45) is 0.260. The van der Waals surface area contributed by atoms with Crippen LogP contribution in [0.2, 0.25) is 5.02 Å². The zero-order valence-corrected chi connectivity index (χ0v) is 12.7. The van der Waals surface area contributed by atoms with Crippen molar-refractivity contribution in [3.05, 3.63) is 28.8 Å². The van der Waals surface area contributed by atoms with E-state index in [0.717, 1.165) is 5.56 Å². The van der Waals surface area contributed by atoms with Crippen LogP contribution in [-0.4, -0.2) is 44.0 Å². The molecule has 0 aliphatic carbocycles. The Morgan fingerprint density at radius 2 is 2.10 bits per heavy atom. The third-order valence-electron chi connectivity index (χ3n) is 2.88. The lowest BCUT2D eigenvalue weighted by molar-refractivity contribution is -0.141. The first kappa shape index (κ1) is 16.5. The fourth-order valence-electron chi connectivity index (χ4n) is 1.64. The Balaban J connectivity index is 2.47. The number of nitrogens with one attached hydrogen (secondary N) is 1. The minimum Gasteiger partial charge on any atom is -0.469 e. The molecule has 0 unspecified atom stereocenters. The van der Waals surface area contributed by atoms with Crippen LogP contribution in [0.3, 0.4) is 0 Å². The molecule has 1 aromatic carbocycles. The van der Waals surface area contributed by atoms with Crippen LogP contribution in [0.1, 0.15) is 12.0 Å². The average Bonchev–Trinajstić information content (AvgIpc) is 2.41. The molecule has 0 radical (unpaired) electrons. The summed E-state index contributed by atoms with van der Waals surface area (Å²) in [6.45, 7) is 2.51. The van der Waals surface area contributed by atoms with Gasteiger partial charge < -0.3 is 10.1 Å². The van der Waals surface area contributed by atoms with Crippen molar-refractivity contribution in [2.45, 2.75) is 13.3 Å². The summed E-state index contributed by atoms with van der Waals surface area (Å²) in [7, 11) is 3.12. The lowest BCUT2D eigenvalue weighted by atomic mass is 10.2. The Kier molecular flexibility index (Phi) is 6.48. The zero-order valence-electron chi connectivity index (χ0n) is 11.9. The van der Waals surface area contributed by atoms with Gasteiger partial charge in [-0.15, -0.1) is 0 Å². The standard InChI is InChI=1S/C14H19ClN2O3/c1-10-11(15)5-4-6-12(10)16-13(18)9-17(2)8-7-14(19)20-3/h4-6H,7-9H2,1-3H3,(H,16,18). The van der Waals surface area contributed by atoms with Crippen LogP contribution in [0.15, 0.2) is 18.2 Å². The van der Waals surface area contributed by atoms with Gasteiger partial charge >= 0.3 is 5.97 Å². The molecule has 1 amide bonds. The van der Waals surface area contributed by atoms with Crippen molar-refractivity contribution >= 4 is 29.2 Å². The lowest BCUT2D eigenvalue weighted by Gasteiger charge is -2.16. The van der Waals surface area contributed by atoms with E-state index in [2.05, 4.69) is 10.1 Å². The van der Waals surface area contributed by atoms with Crippen molar-refractivity contribution in [3.63, 3.8) is 0 Å². The van der Waals surface area contributed by atoms with Crippen LogP contribution in [0.4, 0.5) is 5.69 Å². The van der Waals surface area contributed by atoms with Gasteiger partial charge in [-0.3, -0.25) is 14.5 Å².